The number of hydrogen-bond acceptors (Lipinski definition) is 3. The molecule has 0 aromatic carbocycles. The maximum absolute atomic E-state index is 11.4. The van der Waals surface area contributed by atoms with E-state index in [2.05, 4.69) is 5.32 Å². The van der Waals surface area contributed by atoms with Gasteiger partial charge in [0.25, 0.3) is 0 Å². The van der Waals surface area contributed by atoms with E-state index in [1.807, 2.05) is 30.7 Å². The Morgan fingerprint density at radius 1 is 1.67 bits per heavy atom. The Balaban J connectivity index is 2.26. The summed E-state index contributed by atoms with van der Waals surface area (Å²) in [4.78, 5) is 11.4. The highest BCUT2D eigenvalue weighted by molar-refractivity contribution is 7.07. The van der Waals surface area contributed by atoms with Crippen molar-refractivity contribution in [3.8, 4) is 0 Å². The van der Waals surface area contributed by atoms with Crippen LogP contribution in [0.3, 0.4) is 0 Å². The highest BCUT2D eigenvalue weighted by atomic mass is 32.1. The van der Waals surface area contributed by atoms with Crippen molar-refractivity contribution in [2.45, 2.75) is 26.3 Å². The van der Waals surface area contributed by atoms with E-state index in [0.29, 0.717) is 6.61 Å². The molecule has 84 valence electrons. The topological polar surface area (TPSA) is 38.3 Å². The van der Waals surface area contributed by atoms with E-state index >= 15 is 0 Å². The summed E-state index contributed by atoms with van der Waals surface area (Å²) in [5, 5.41) is 6.93. The van der Waals surface area contributed by atoms with Crippen molar-refractivity contribution in [1.29, 1.82) is 0 Å². The first kappa shape index (κ1) is 12.2. The Morgan fingerprint density at radius 2 is 2.47 bits per heavy atom. The fourth-order valence-corrected chi connectivity index (χ4v) is 1.95. The third-order valence-electron chi connectivity index (χ3n) is 2.00. The average molecular weight is 227 g/mol. The second kappa shape index (κ2) is 6.58. The third kappa shape index (κ3) is 4.44. The monoisotopic (exact) mass is 227 g/mol. The highest BCUT2D eigenvalue weighted by Crippen LogP contribution is 2.15. The van der Waals surface area contributed by atoms with Gasteiger partial charge in [0.05, 0.1) is 6.04 Å². The van der Waals surface area contributed by atoms with Gasteiger partial charge in [-0.2, -0.15) is 11.3 Å². The van der Waals surface area contributed by atoms with Crippen LogP contribution in [0.4, 0.5) is 0 Å². The molecule has 0 saturated carbocycles. The molecule has 0 spiro atoms. The van der Waals surface area contributed by atoms with Crippen molar-refractivity contribution in [3.05, 3.63) is 22.4 Å². The average Bonchev–Trinajstić information content (AvgIpc) is 2.70. The Morgan fingerprint density at radius 3 is 3.07 bits per heavy atom. The van der Waals surface area contributed by atoms with Crippen LogP contribution < -0.4 is 5.32 Å². The van der Waals surface area contributed by atoms with Crippen LogP contribution in [-0.2, 0) is 9.53 Å². The molecule has 3 nitrogen and oxygen atoms in total. The molecule has 0 fully saturated rings. The number of rotatable bonds is 6. The van der Waals surface area contributed by atoms with Gasteiger partial charge in [-0.05, 0) is 35.7 Å². The Bertz CT molecular complexity index is 285. The van der Waals surface area contributed by atoms with Crippen LogP contribution in [0.25, 0.3) is 0 Å². The molecule has 1 aromatic heterocycles. The van der Waals surface area contributed by atoms with E-state index in [1.165, 1.54) is 0 Å². The first-order valence-electron chi connectivity index (χ1n) is 5.13. The number of carbonyl (C=O) groups excluding carboxylic acids is 1. The zero-order chi connectivity index (χ0) is 11.1. The van der Waals surface area contributed by atoms with Gasteiger partial charge in [0.1, 0.15) is 6.61 Å². The second-order valence-corrected chi connectivity index (χ2v) is 4.18. The highest BCUT2D eigenvalue weighted by Gasteiger charge is 2.09. The molecule has 0 bridgehead atoms. The van der Waals surface area contributed by atoms with Gasteiger partial charge in [-0.15, -0.1) is 0 Å². The second-order valence-electron chi connectivity index (χ2n) is 3.40. The molecular formula is C11H17NO2S. The summed E-state index contributed by atoms with van der Waals surface area (Å²) in [6.45, 7) is 4.79. The molecule has 1 rings (SSSR count). The van der Waals surface area contributed by atoms with E-state index in [1.54, 1.807) is 11.3 Å². The summed E-state index contributed by atoms with van der Waals surface area (Å²) in [5.41, 5.74) is 1.14. The Hall–Kier alpha value is -0.870. The van der Waals surface area contributed by atoms with Gasteiger partial charge in [-0.25, -0.2) is 0 Å². The summed E-state index contributed by atoms with van der Waals surface area (Å²) >= 11 is 1.63. The van der Waals surface area contributed by atoms with Gasteiger partial charge in [-0.1, -0.05) is 6.92 Å². The fraction of sp³-hybridized carbons (Fsp3) is 0.545. The van der Waals surface area contributed by atoms with Crippen LogP contribution in [0.5, 0.6) is 0 Å². The fourth-order valence-electron chi connectivity index (χ4n) is 1.20. The van der Waals surface area contributed by atoms with Gasteiger partial charge >= 0.3 is 0 Å². The van der Waals surface area contributed by atoms with E-state index < -0.39 is 0 Å². The smallest absolute Gasteiger partial charge is 0.246 e. The van der Waals surface area contributed by atoms with Gasteiger partial charge in [-0.3, -0.25) is 4.79 Å². The maximum Gasteiger partial charge on any atom is 0.246 e. The molecule has 0 aliphatic carbocycles. The SMILES string of the molecule is CCCOCC(=O)NC(C)c1ccsc1. The molecule has 1 atom stereocenters. The summed E-state index contributed by atoms with van der Waals surface area (Å²) < 4.78 is 5.15. The summed E-state index contributed by atoms with van der Waals surface area (Å²) in [5.74, 6) is -0.0536. The molecule has 0 radical (unpaired) electrons. The molecule has 0 aliphatic heterocycles. The zero-order valence-electron chi connectivity index (χ0n) is 9.16. The van der Waals surface area contributed by atoms with Gasteiger partial charge < -0.3 is 10.1 Å². The minimum atomic E-state index is -0.0536. The lowest BCUT2D eigenvalue weighted by molar-refractivity contribution is -0.126. The molecule has 1 heterocycles. The lowest BCUT2D eigenvalue weighted by Crippen LogP contribution is -2.30. The molecule has 1 N–H and O–H groups in total. The molecule has 1 amide bonds. The summed E-state index contributed by atoms with van der Waals surface area (Å²) in [6.07, 6.45) is 0.938. The van der Waals surface area contributed by atoms with Crippen molar-refractivity contribution < 1.29 is 9.53 Å². The number of carbonyl (C=O) groups is 1. The Kier molecular flexibility index (Phi) is 5.36. The number of ether oxygens (including phenoxy) is 1. The first-order chi connectivity index (χ1) is 7.24. The van der Waals surface area contributed by atoms with Crippen molar-refractivity contribution in [2.75, 3.05) is 13.2 Å². The van der Waals surface area contributed by atoms with Crippen molar-refractivity contribution in [2.24, 2.45) is 0 Å². The summed E-state index contributed by atoms with van der Waals surface area (Å²) in [7, 11) is 0. The van der Waals surface area contributed by atoms with Crippen LogP contribution in [0.1, 0.15) is 31.9 Å². The van der Waals surface area contributed by atoms with E-state index in [9.17, 15) is 4.79 Å². The molecule has 0 aliphatic rings. The first-order valence-corrected chi connectivity index (χ1v) is 6.07. The van der Waals surface area contributed by atoms with Crippen LogP contribution >= 0.6 is 11.3 Å². The van der Waals surface area contributed by atoms with Crippen molar-refractivity contribution in [1.82, 2.24) is 5.32 Å². The standard InChI is InChI=1S/C11H17NO2S/c1-3-5-14-7-11(13)12-9(2)10-4-6-15-8-10/h4,6,8-9H,3,5,7H2,1-2H3,(H,12,13). The molecular weight excluding hydrogens is 210 g/mol. The minimum Gasteiger partial charge on any atom is -0.372 e. The molecule has 15 heavy (non-hydrogen) atoms. The molecule has 4 heteroatoms. The normalized spacial score (nSPS) is 12.4. The van der Waals surface area contributed by atoms with Crippen molar-refractivity contribution >= 4 is 17.2 Å². The summed E-state index contributed by atoms with van der Waals surface area (Å²) in [6, 6.07) is 2.08. The number of nitrogens with one attached hydrogen (secondary N) is 1. The lowest BCUT2D eigenvalue weighted by Gasteiger charge is -2.12. The van der Waals surface area contributed by atoms with E-state index in [4.69, 9.17) is 4.74 Å². The molecule has 1 unspecified atom stereocenters. The quantitative estimate of drug-likeness (QED) is 0.758. The lowest BCUT2D eigenvalue weighted by atomic mass is 10.2. The predicted molar refractivity (Wildman–Crippen MR) is 62.0 cm³/mol. The minimum absolute atomic E-state index is 0.0536. The number of hydrogen-bond donors (Lipinski definition) is 1. The van der Waals surface area contributed by atoms with Crippen LogP contribution in [0, 0.1) is 0 Å². The largest absolute Gasteiger partial charge is 0.372 e. The van der Waals surface area contributed by atoms with Gasteiger partial charge in [0.2, 0.25) is 5.91 Å². The number of amides is 1. The van der Waals surface area contributed by atoms with Crippen LogP contribution in [0.2, 0.25) is 0 Å². The predicted octanol–water partition coefficient (Wildman–Crippen LogP) is 2.35. The maximum atomic E-state index is 11.4. The number of thiophene rings is 1. The third-order valence-corrected chi connectivity index (χ3v) is 2.70. The van der Waals surface area contributed by atoms with Crippen LogP contribution in [-0.4, -0.2) is 19.1 Å². The molecule has 1 aromatic rings. The Labute approximate surface area is 94.5 Å². The zero-order valence-corrected chi connectivity index (χ0v) is 9.97. The van der Waals surface area contributed by atoms with Gasteiger partial charge in [0.15, 0.2) is 0 Å². The van der Waals surface area contributed by atoms with Crippen molar-refractivity contribution in [3.63, 3.8) is 0 Å². The molecule has 0 saturated heterocycles. The van der Waals surface area contributed by atoms with E-state index in [-0.39, 0.29) is 18.6 Å². The van der Waals surface area contributed by atoms with Crippen LogP contribution in [0.15, 0.2) is 16.8 Å². The van der Waals surface area contributed by atoms with E-state index in [0.717, 1.165) is 12.0 Å². The van der Waals surface area contributed by atoms with Gasteiger partial charge in [0, 0.05) is 6.61 Å².